The van der Waals surface area contributed by atoms with Crippen LogP contribution in [0.25, 0.3) is 5.69 Å². The maximum Gasteiger partial charge on any atom is 0.138 e. The largest absolute Gasteiger partial charge is 0.382 e. The summed E-state index contributed by atoms with van der Waals surface area (Å²) in [5, 5.41) is 7.83. The van der Waals surface area contributed by atoms with Gasteiger partial charge in [0.15, 0.2) is 0 Å². The van der Waals surface area contributed by atoms with E-state index in [0.29, 0.717) is 6.04 Å². The van der Waals surface area contributed by atoms with Crippen molar-refractivity contribution in [3.63, 3.8) is 0 Å². The van der Waals surface area contributed by atoms with Crippen LogP contribution in [0.15, 0.2) is 36.9 Å². The molecule has 1 saturated carbocycles. The fraction of sp³-hybridized carbons (Fsp3) is 0.500. The molecule has 3 unspecified atom stereocenters. The molecule has 106 valence electrons. The van der Waals surface area contributed by atoms with Gasteiger partial charge in [-0.05, 0) is 42.5 Å². The van der Waals surface area contributed by atoms with E-state index < -0.39 is 0 Å². The molecule has 1 aromatic carbocycles. The van der Waals surface area contributed by atoms with Gasteiger partial charge in [0.05, 0.1) is 5.69 Å². The lowest BCUT2D eigenvalue weighted by Gasteiger charge is -2.35. The van der Waals surface area contributed by atoms with Crippen LogP contribution < -0.4 is 5.32 Å². The first-order valence-electron chi connectivity index (χ1n) is 7.45. The van der Waals surface area contributed by atoms with Crippen molar-refractivity contribution in [1.82, 2.24) is 14.8 Å². The van der Waals surface area contributed by atoms with E-state index in [9.17, 15) is 0 Å². The van der Waals surface area contributed by atoms with Crippen LogP contribution in [-0.4, -0.2) is 20.8 Å². The Bertz CT molecular complexity index is 532. The summed E-state index contributed by atoms with van der Waals surface area (Å²) in [5.41, 5.74) is 2.23. The maximum absolute atomic E-state index is 4.14. The molecule has 0 bridgehead atoms. The van der Waals surface area contributed by atoms with E-state index in [0.717, 1.165) is 17.5 Å². The number of rotatable bonds is 3. The molecule has 0 aliphatic heterocycles. The summed E-state index contributed by atoms with van der Waals surface area (Å²) in [6, 6.07) is 9.00. The van der Waals surface area contributed by atoms with Gasteiger partial charge >= 0.3 is 0 Å². The summed E-state index contributed by atoms with van der Waals surface area (Å²) < 4.78 is 1.77. The van der Waals surface area contributed by atoms with Crippen molar-refractivity contribution < 1.29 is 0 Å². The minimum absolute atomic E-state index is 0.593. The predicted molar refractivity (Wildman–Crippen MR) is 80.9 cm³/mol. The molecule has 4 nitrogen and oxygen atoms in total. The summed E-state index contributed by atoms with van der Waals surface area (Å²) in [6.07, 6.45) is 7.24. The standard InChI is InChI=1S/C16H22N4/c1-12-4-3-5-16(13(12)2)19-14-6-8-15(9-7-14)20-11-17-10-18-20/h6-13,16,19H,3-5H2,1-2H3. The first-order valence-corrected chi connectivity index (χ1v) is 7.45. The quantitative estimate of drug-likeness (QED) is 0.928. The van der Waals surface area contributed by atoms with Crippen LogP contribution in [0.3, 0.4) is 0 Å². The molecule has 0 saturated heterocycles. The highest BCUT2D eigenvalue weighted by Crippen LogP contribution is 2.31. The minimum atomic E-state index is 0.593. The minimum Gasteiger partial charge on any atom is -0.382 e. The lowest BCUT2D eigenvalue weighted by molar-refractivity contribution is 0.253. The highest BCUT2D eigenvalue weighted by atomic mass is 15.3. The Morgan fingerprint density at radius 1 is 1.15 bits per heavy atom. The highest BCUT2D eigenvalue weighted by molar-refractivity contribution is 5.49. The average Bonchev–Trinajstić information content (AvgIpc) is 2.99. The van der Waals surface area contributed by atoms with Crippen molar-refractivity contribution in [1.29, 1.82) is 0 Å². The highest BCUT2D eigenvalue weighted by Gasteiger charge is 2.26. The summed E-state index contributed by atoms with van der Waals surface area (Å²) in [6.45, 7) is 4.73. The molecule has 0 spiro atoms. The monoisotopic (exact) mass is 270 g/mol. The average molecular weight is 270 g/mol. The van der Waals surface area contributed by atoms with Gasteiger partial charge in [0, 0.05) is 11.7 Å². The van der Waals surface area contributed by atoms with Crippen molar-refractivity contribution in [3.05, 3.63) is 36.9 Å². The number of benzene rings is 1. The molecule has 4 heteroatoms. The lowest BCUT2D eigenvalue weighted by atomic mass is 9.78. The maximum atomic E-state index is 4.14. The van der Waals surface area contributed by atoms with E-state index in [2.05, 4.69) is 53.5 Å². The fourth-order valence-corrected chi connectivity index (χ4v) is 3.05. The zero-order chi connectivity index (χ0) is 13.9. The van der Waals surface area contributed by atoms with Crippen LogP contribution in [0.1, 0.15) is 33.1 Å². The summed E-state index contributed by atoms with van der Waals surface area (Å²) in [4.78, 5) is 3.97. The van der Waals surface area contributed by atoms with Gasteiger partial charge in [-0.25, -0.2) is 9.67 Å². The molecule has 0 amide bonds. The Kier molecular flexibility index (Phi) is 3.72. The number of anilines is 1. The Morgan fingerprint density at radius 3 is 2.65 bits per heavy atom. The Balaban J connectivity index is 1.69. The third kappa shape index (κ3) is 2.69. The third-order valence-corrected chi connectivity index (χ3v) is 4.61. The van der Waals surface area contributed by atoms with Crippen LogP contribution in [0.5, 0.6) is 0 Å². The molecule has 1 fully saturated rings. The zero-order valence-electron chi connectivity index (χ0n) is 12.2. The normalized spacial score (nSPS) is 26.4. The summed E-state index contributed by atoms with van der Waals surface area (Å²) in [5.74, 6) is 1.55. The lowest BCUT2D eigenvalue weighted by Crippen LogP contribution is -2.34. The van der Waals surface area contributed by atoms with E-state index in [1.807, 2.05) is 0 Å². The second-order valence-corrected chi connectivity index (χ2v) is 5.91. The van der Waals surface area contributed by atoms with Gasteiger partial charge < -0.3 is 5.32 Å². The third-order valence-electron chi connectivity index (χ3n) is 4.61. The smallest absolute Gasteiger partial charge is 0.138 e. The molecule has 2 aromatic rings. The van der Waals surface area contributed by atoms with Crippen LogP contribution in [0.2, 0.25) is 0 Å². The molecule has 3 atom stereocenters. The molecule has 20 heavy (non-hydrogen) atoms. The second-order valence-electron chi connectivity index (χ2n) is 5.91. The topological polar surface area (TPSA) is 42.7 Å². The SMILES string of the molecule is CC1CCCC(Nc2ccc(-n3cncn3)cc2)C1C. The zero-order valence-corrected chi connectivity index (χ0v) is 12.2. The number of hydrogen-bond acceptors (Lipinski definition) is 3. The van der Waals surface area contributed by atoms with Gasteiger partial charge in [-0.15, -0.1) is 0 Å². The van der Waals surface area contributed by atoms with Crippen LogP contribution >= 0.6 is 0 Å². The first-order chi connectivity index (χ1) is 9.74. The van der Waals surface area contributed by atoms with E-state index in [1.165, 1.54) is 24.9 Å². The van der Waals surface area contributed by atoms with Gasteiger partial charge in [-0.3, -0.25) is 0 Å². The van der Waals surface area contributed by atoms with Crippen molar-refractivity contribution in [2.45, 2.75) is 39.2 Å². The molecular weight excluding hydrogens is 248 g/mol. The van der Waals surface area contributed by atoms with Gasteiger partial charge in [0.25, 0.3) is 0 Å². The molecule has 3 rings (SSSR count). The second kappa shape index (κ2) is 5.65. The van der Waals surface area contributed by atoms with Crippen LogP contribution in [0.4, 0.5) is 5.69 Å². The van der Waals surface area contributed by atoms with E-state index in [-0.39, 0.29) is 0 Å². The summed E-state index contributed by atoms with van der Waals surface area (Å²) in [7, 11) is 0. The molecule has 1 aromatic heterocycles. The van der Waals surface area contributed by atoms with Gasteiger partial charge in [-0.1, -0.05) is 26.7 Å². The van der Waals surface area contributed by atoms with Gasteiger partial charge in [0.2, 0.25) is 0 Å². The molecule has 1 aliphatic rings. The van der Waals surface area contributed by atoms with E-state index in [1.54, 1.807) is 17.3 Å². The number of hydrogen-bond donors (Lipinski definition) is 1. The van der Waals surface area contributed by atoms with Gasteiger partial charge in [-0.2, -0.15) is 5.10 Å². The fourth-order valence-electron chi connectivity index (χ4n) is 3.05. The molecule has 1 aliphatic carbocycles. The summed E-state index contributed by atoms with van der Waals surface area (Å²) >= 11 is 0. The number of aromatic nitrogens is 3. The Labute approximate surface area is 120 Å². The molecular formula is C16H22N4. The van der Waals surface area contributed by atoms with Gasteiger partial charge in [0.1, 0.15) is 12.7 Å². The van der Waals surface area contributed by atoms with Crippen molar-refractivity contribution in [2.75, 3.05) is 5.32 Å². The Morgan fingerprint density at radius 2 is 1.95 bits per heavy atom. The Hall–Kier alpha value is -1.84. The van der Waals surface area contributed by atoms with Crippen molar-refractivity contribution in [2.24, 2.45) is 11.8 Å². The van der Waals surface area contributed by atoms with Crippen LogP contribution in [-0.2, 0) is 0 Å². The number of nitrogens with zero attached hydrogens (tertiary/aromatic N) is 3. The predicted octanol–water partition coefficient (Wildman–Crippen LogP) is 3.50. The van der Waals surface area contributed by atoms with E-state index in [4.69, 9.17) is 0 Å². The number of nitrogens with one attached hydrogen (secondary N) is 1. The van der Waals surface area contributed by atoms with E-state index >= 15 is 0 Å². The molecule has 1 heterocycles. The molecule has 1 N–H and O–H groups in total. The van der Waals surface area contributed by atoms with Crippen LogP contribution in [0, 0.1) is 11.8 Å². The first kappa shape index (κ1) is 13.2. The van der Waals surface area contributed by atoms with Crippen molar-refractivity contribution >= 4 is 5.69 Å². The molecule has 0 radical (unpaired) electrons. The van der Waals surface area contributed by atoms with Crippen molar-refractivity contribution in [3.8, 4) is 5.69 Å².